The molecule has 0 atom stereocenters. The number of benzene rings is 1. The lowest BCUT2D eigenvalue weighted by Crippen LogP contribution is -2.24. The SMILES string of the molecule is Cc1cc(C)nc(CNC(=O)c2ccc(-c3ccc(CN(C)C)cn3)cc2)n1.O=CO. The predicted octanol–water partition coefficient (Wildman–Crippen LogP) is 2.85. The van der Waals surface area contributed by atoms with Crippen LogP contribution >= 0.6 is 0 Å². The maximum absolute atomic E-state index is 12.4. The highest BCUT2D eigenvalue weighted by atomic mass is 16.3. The van der Waals surface area contributed by atoms with E-state index >= 15 is 0 Å². The summed E-state index contributed by atoms with van der Waals surface area (Å²) in [4.78, 5) is 36.1. The van der Waals surface area contributed by atoms with Crippen molar-refractivity contribution in [2.75, 3.05) is 14.1 Å². The molecule has 2 aromatic heterocycles. The molecular weight excluding hydrogens is 394 g/mol. The van der Waals surface area contributed by atoms with E-state index in [0.29, 0.717) is 17.9 Å². The van der Waals surface area contributed by atoms with Crippen LogP contribution in [0.1, 0.15) is 33.1 Å². The molecule has 2 heterocycles. The average molecular weight is 422 g/mol. The molecule has 0 unspecified atom stereocenters. The third-order valence-corrected chi connectivity index (χ3v) is 4.20. The van der Waals surface area contributed by atoms with Crippen molar-refractivity contribution in [1.82, 2.24) is 25.2 Å². The molecule has 1 aromatic carbocycles. The number of rotatable bonds is 6. The molecular formula is C23H27N5O3. The molecule has 0 spiro atoms. The van der Waals surface area contributed by atoms with E-state index in [0.717, 1.165) is 29.2 Å². The van der Waals surface area contributed by atoms with Gasteiger partial charge in [-0.3, -0.25) is 14.6 Å². The highest BCUT2D eigenvalue weighted by Gasteiger charge is 2.08. The van der Waals surface area contributed by atoms with Gasteiger partial charge in [-0.2, -0.15) is 0 Å². The molecule has 8 heteroatoms. The number of nitrogens with zero attached hydrogens (tertiary/aromatic N) is 4. The fourth-order valence-electron chi connectivity index (χ4n) is 2.99. The number of carboxylic acid groups (broad SMARTS) is 1. The maximum atomic E-state index is 12.4. The Morgan fingerprint density at radius 3 is 2.19 bits per heavy atom. The molecule has 0 bridgehead atoms. The van der Waals surface area contributed by atoms with E-state index < -0.39 is 0 Å². The first-order chi connectivity index (χ1) is 14.8. The summed E-state index contributed by atoms with van der Waals surface area (Å²) in [6.45, 7) is 4.74. The summed E-state index contributed by atoms with van der Waals surface area (Å²) >= 11 is 0. The minimum atomic E-state index is -0.250. The van der Waals surface area contributed by atoms with E-state index in [1.807, 2.05) is 70.5 Å². The molecule has 0 radical (unpaired) electrons. The summed E-state index contributed by atoms with van der Waals surface area (Å²) < 4.78 is 0. The number of carbonyl (C=O) groups excluding carboxylic acids is 1. The van der Waals surface area contributed by atoms with Gasteiger partial charge in [-0.1, -0.05) is 18.2 Å². The second-order valence-corrected chi connectivity index (χ2v) is 7.22. The molecule has 0 saturated carbocycles. The number of pyridine rings is 1. The summed E-state index contributed by atoms with van der Waals surface area (Å²) in [5, 5.41) is 9.76. The number of aryl methyl sites for hydroxylation is 2. The number of hydrogen-bond donors (Lipinski definition) is 2. The number of carbonyl (C=O) groups is 2. The molecule has 8 nitrogen and oxygen atoms in total. The van der Waals surface area contributed by atoms with Gasteiger partial charge < -0.3 is 15.3 Å². The number of amides is 1. The largest absolute Gasteiger partial charge is 0.483 e. The van der Waals surface area contributed by atoms with Gasteiger partial charge in [0.1, 0.15) is 5.82 Å². The smallest absolute Gasteiger partial charge is 0.290 e. The third-order valence-electron chi connectivity index (χ3n) is 4.20. The van der Waals surface area contributed by atoms with Gasteiger partial charge in [0.15, 0.2) is 0 Å². The first-order valence-electron chi connectivity index (χ1n) is 9.69. The van der Waals surface area contributed by atoms with Gasteiger partial charge in [0.25, 0.3) is 12.4 Å². The Hall–Kier alpha value is -3.65. The van der Waals surface area contributed by atoms with E-state index in [1.165, 1.54) is 5.56 Å². The van der Waals surface area contributed by atoms with Crippen molar-refractivity contribution < 1.29 is 14.7 Å². The Morgan fingerprint density at radius 1 is 1.06 bits per heavy atom. The zero-order valence-corrected chi connectivity index (χ0v) is 18.2. The van der Waals surface area contributed by atoms with E-state index in [-0.39, 0.29) is 12.4 Å². The Balaban J connectivity index is 0.00000107. The lowest BCUT2D eigenvalue weighted by atomic mass is 10.1. The van der Waals surface area contributed by atoms with Crippen molar-refractivity contribution in [2.24, 2.45) is 0 Å². The van der Waals surface area contributed by atoms with Gasteiger partial charge in [-0.05, 0) is 57.8 Å². The van der Waals surface area contributed by atoms with Crippen LogP contribution in [-0.4, -0.2) is 51.4 Å². The minimum Gasteiger partial charge on any atom is -0.483 e. The molecule has 2 N–H and O–H groups in total. The highest BCUT2D eigenvalue weighted by molar-refractivity contribution is 5.94. The van der Waals surface area contributed by atoms with Crippen LogP contribution in [-0.2, 0) is 17.9 Å². The quantitative estimate of drug-likeness (QED) is 0.589. The lowest BCUT2D eigenvalue weighted by molar-refractivity contribution is -0.122. The monoisotopic (exact) mass is 421 g/mol. The molecule has 3 aromatic rings. The van der Waals surface area contributed by atoms with E-state index in [2.05, 4.69) is 31.2 Å². The maximum Gasteiger partial charge on any atom is 0.290 e. The van der Waals surface area contributed by atoms with Crippen LogP contribution in [0.3, 0.4) is 0 Å². The van der Waals surface area contributed by atoms with E-state index in [1.54, 1.807) is 0 Å². The highest BCUT2D eigenvalue weighted by Crippen LogP contribution is 2.18. The van der Waals surface area contributed by atoms with E-state index in [4.69, 9.17) is 9.90 Å². The van der Waals surface area contributed by atoms with Gasteiger partial charge in [0.2, 0.25) is 0 Å². The molecule has 162 valence electrons. The predicted molar refractivity (Wildman–Crippen MR) is 118 cm³/mol. The Kier molecular flexibility index (Phi) is 8.78. The normalized spacial score (nSPS) is 10.2. The minimum absolute atomic E-state index is 0.149. The Morgan fingerprint density at radius 2 is 1.68 bits per heavy atom. The molecule has 1 amide bonds. The molecule has 0 fully saturated rings. The van der Waals surface area contributed by atoms with E-state index in [9.17, 15) is 4.79 Å². The Labute approximate surface area is 182 Å². The number of nitrogens with one attached hydrogen (secondary N) is 1. The van der Waals surface area contributed by atoms with Crippen LogP contribution in [0.25, 0.3) is 11.3 Å². The number of aromatic nitrogens is 3. The van der Waals surface area contributed by atoms with Crippen LogP contribution < -0.4 is 5.32 Å². The van der Waals surface area contributed by atoms with Crippen molar-refractivity contribution >= 4 is 12.4 Å². The fourth-order valence-corrected chi connectivity index (χ4v) is 2.99. The molecule has 0 aliphatic heterocycles. The summed E-state index contributed by atoms with van der Waals surface area (Å²) in [7, 11) is 4.06. The van der Waals surface area contributed by atoms with Gasteiger partial charge in [0, 0.05) is 35.3 Å². The van der Waals surface area contributed by atoms with Crippen molar-refractivity contribution in [1.29, 1.82) is 0 Å². The van der Waals surface area contributed by atoms with Crippen LogP contribution in [0, 0.1) is 13.8 Å². The van der Waals surface area contributed by atoms with Crippen LogP contribution in [0.2, 0.25) is 0 Å². The summed E-state index contributed by atoms with van der Waals surface area (Å²) in [5.74, 6) is 0.466. The van der Waals surface area contributed by atoms with Gasteiger partial charge in [-0.15, -0.1) is 0 Å². The van der Waals surface area contributed by atoms with Gasteiger partial charge >= 0.3 is 0 Å². The zero-order valence-electron chi connectivity index (χ0n) is 18.2. The summed E-state index contributed by atoms with van der Waals surface area (Å²) in [6.07, 6.45) is 1.89. The van der Waals surface area contributed by atoms with Crippen molar-refractivity contribution in [3.05, 3.63) is 77.0 Å². The third kappa shape index (κ3) is 7.60. The van der Waals surface area contributed by atoms with Gasteiger partial charge in [-0.25, -0.2) is 9.97 Å². The summed E-state index contributed by atoms with van der Waals surface area (Å²) in [6, 6.07) is 13.4. The number of hydrogen-bond acceptors (Lipinski definition) is 6. The molecule has 0 aliphatic rings. The van der Waals surface area contributed by atoms with Crippen LogP contribution in [0.15, 0.2) is 48.7 Å². The van der Waals surface area contributed by atoms with Crippen molar-refractivity contribution in [3.8, 4) is 11.3 Å². The Bertz CT molecular complexity index is 982. The molecule has 0 saturated heterocycles. The topological polar surface area (TPSA) is 108 Å². The lowest BCUT2D eigenvalue weighted by Gasteiger charge is -2.10. The van der Waals surface area contributed by atoms with Crippen LogP contribution in [0.4, 0.5) is 0 Å². The molecule has 3 rings (SSSR count). The van der Waals surface area contributed by atoms with Gasteiger partial charge in [0.05, 0.1) is 12.2 Å². The van der Waals surface area contributed by atoms with Crippen molar-refractivity contribution in [2.45, 2.75) is 26.9 Å². The second-order valence-electron chi connectivity index (χ2n) is 7.22. The first-order valence-corrected chi connectivity index (χ1v) is 9.69. The van der Waals surface area contributed by atoms with Crippen molar-refractivity contribution in [3.63, 3.8) is 0 Å². The van der Waals surface area contributed by atoms with Crippen LogP contribution in [0.5, 0.6) is 0 Å². The fraction of sp³-hybridized carbons (Fsp3) is 0.261. The summed E-state index contributed by atoms with van der Waals surface area (Å²) in [5.41, 5.74) is 5.41. The molecule has 0 aliphatic carbocycles. The standard InChI is InChI=1S/C22H25N5O.CH2O2/c1-15-11-16(2)26-21(25-15)13-24-22(28)19-8-6-18(7-9-19)20-10-5-17(12-23-20)14-27(3)4;2-1-3/h5-12H,13-14H2,1-4H3,(H,24,28);1H,(H,2,3). The first kappa shape index (κ1) is 23.6. The second kappa shape index (κ2) is 11.5. The average Bonchev–Trinajstić information content (AvgIpc) is 2.72. The molecule has 31 heavy (non-hydrogen) atoms. The zero-order chi connectivity index (χ0) is 22.8.